The van der Waals surface area contributed by atoms with Gasteiger partial charge in [-0.3, -0.25) is 13.6 Å². The van der Waals surface area contributed by atoms with Crippen molar-refractivity contribution >= 4 is 30.4 Å². The van der Waals surface area contributed by atoms with E-state index in [1.165, 1.54) is 25.7 Å². The highest BCUT2D eigenvalue weighted by Gasteiger charge is 2.24. The van der Waals surface area contributed by atoms with Gasteiger partial charge >= 0.3 is 7.82 Å². The minimum atomic E-state index is -3.29. The molecule has 0 bridgehead atoms. The molecule has 0 aromatic carbocycles. The van der Waals surface area contributed by atoms with Crippen molar-refractivity contribution in [2.24, 2.45) is 0 Å². The lowest BCUT2D eigenvalue weighted by Crippen LogP contribution is -2.00. The third-order valence-electron chi connectivity index (χ3n) is 2.24. The van der Waals surface area contributed by atoms with Crippen molar-refractivity contribution < 1.29 is 18.1 Å². The maximum atomic E-state index is 11.9. The fraction of sp³-hybridized carbons (Fsp3) is 1.00. The number of unbranched alkanes of at least 4 members (excludes halogenated alkanes) is 5. The summed E-state index contributed by atoms with van der Waals surface area (Å²) in [4.78, 5) is 0. The van der Waals surface area contributed by atoms with Gasteiger partial charge in [0.25, 0.3) is 0 Å². The monoisotopic (exact) mass is 378 g/mol. The SMILES string of the molecule is CCCCCCCCOP(=O)(OCC)OCI. The van der Waals surface area contributed by atoms with E-state index < -0.39 is 7.82 Å². The molecule has 0 fully saturated rings. The zero-order valence-electron chi connectivity index (χ0n) is 10.8. The Labute approximate surface area is 119 Å². The molecule has 17 heavy (non-hydrogen) atoms. The summed E-state index contributed by atoms with van der Waals surface area (Å²) >= 11 is 1.98. The van der Waals surface area contributed by atoms with Crippen LogP contribution in [0.3, 0.4) is 0 Å². The van der Waals surface area contributed by atoms with Gasteiger partial charge in [-0.2, -0.15) is 0 Å². The fourth-order valence-corrected chi connectivity index (χ4v) is 3.42. The molecular formula is C11H24IO4P. The Morgan fingerprint density at radius 3 is 2.18 bits per heavy atom. The lowest BCUT2D eigenvalue weighted by atomic mass is 10.1. The first-order valence-corrected chi connectivity index (χ1v) is 9.26. The Bertz CT molecular complexity index is 204. The second kappa shape index (κ2) is 11.9. The standard InChI is InChI=1S/C11H24IO4P/c1-3-5-6-7-8-9-10-15-17(13,14-4-2)16-11-12/h3-11H2,1-2H3. The molecular weight excluding hydrogens is 354 g/mol. The van der Waals surface area contributed by atoms with E-state index in [1.54, 1.807) is 6.92 Å². The second-order valence-corrected chi connectivity index (χ2v) is 6.00. The Morgan fingerprint density at radius 2 is 1.59 bits per heavy atom. The molecule has 0 aliphatic rings. The summed E-state index contributed by atoms with van der Waals surface area (Å²) in [7, 11) is -3.29. The highest BCUT2D eigenvalue weighted by atomic mass is 127. The Morgan fingerprint density at radius 1 is 0.941 bits per heavy atom. The summed E-state index contributed by atoms with van der Waals surface area (Å²) in [5.74, 6) is 0. The predicted molar refractivity (Wildman–Crippen MR) is 78.5 cm³/mol. The van der Waals surface area contributed by atoms with Gasteiger partial charge in [-0.1, -0.05) is 61.6 Å². The summed E-state index contributed by atoms with van der Waals surface area (Å²) in [6.07, 6.45) is 7.03. The summed E-state index contributed by atoms with van der Waals surface area (Å²) in [5, 5.41) is 0. The maximum Gasteiger partial charge on any atom is 0.475 e. The van der Waals surface area contributed by atoms with Gasteiger partial charge in [0, 0.05) is 0 Å². The van der Waals surface area contributed by atoms with Crippen molar-refractivity contribution in [3.8, 4) is 0 Å². The number of hydrogen-bond donors (Lipinski definition) is 0. The Hall–Kier alpha value is 0.840. The molecule has 4 nitrogen and oxygen atoms in total. The van der Waals surface area contributed by atoms with Crippen molar-refractivity contribution in [3.63, 3.8) is 0 Å². The van der Waals surface area contributed by atoms with E-state index in [4.69, 9.17) is 13.6 Å². The van der Waals surface area contributed by atoms with Gasteiger partial charge in [0.2, 0.25) is 0 Å². The fourth-order valence-electron chi connectivity index (χ4n) is 1.39. The van der Waals surface area contributed by atoms with Crippen LogP contribution in [0.1, 0.15) is 52.4 Å². The van der Waals surface area contributed by atoms with Crippen LogP contribution >= 0.6 is 30.4 Å². The van der Waals surface area contributed by atoms with Crippen LogP contribution in [0.4, 0.5) is 0 Å². The summed E-state index contributed by atoms with van der Waals surface area (Å²) in [6, 6.07) is 0. The van der Waals surface area contributed by atoms with Crippen molar-refractivity contribution in [1.29, 1.82) is 0 Å². The first-order valence-electron chi connectivity index (χ1n) is 6.28. The predicted octanol–water partition coefficient (Wildman–Crippen LogP) is 4.92. The molecule has 0 aromatic heterocycles. The molecule has 0 saturated carbocycles. The first kappa shape index (κ1) is 17.8. The van der Waals surface area contributed by atoms with Gasteiger partial charge in [-0.05, 0) is 13.3 Å². The van der Waals surface area contributed by atoms with Gasteiger partial charge in [-0.25, -0.2) is 4.57 Å². The molecule has 0 rings (SSSR count). The third-order valence-corrected chi connectivity index (χ3v) is 4.56. The van der Waals surface area contributed by atoms with E-state index >= 15 is 0 Å². The number of phosphoric acid groups is 1. The van der Waals surface area contributed by atoms with Crippen LogP contribution in [0, 0.1) is 0 Å². The van der Waals surface area contributed by atoms with Crippen LogP contribution in [0.5, 0.6) is 0 Å². The van der Waals surface area contributed by atoms with Gasteiger partial charge in [0.05, 0.1) is 13.2 Å². The van der Waals surface area contributed by atoms with Crippen LogP contribution in [-0.4, -0.2) is 17.8 Å². The van der Waals surface area contributed by atoms with E-state index in [-0.39, 0.29) is 0 Å². The Balaban J connectivity index is 3.58. The molecule has 1 unspecified atom stereocenters. The number of alkyl halides is 1. The topological polar surface area (TPSA) is 44.8 Å². The molecule has 104 valence electrons. The summed E-state index contributed by atoms with van der Waals surface area (Å²) in [5.41, 5.74) is 0. The highest BCUT2D eigenvalue weighted by molar-refractivity contribution is 14.1. The zero-order chi connectivity index (χ0) is 13.0. The molecule has 0 aliphatic carbocycles. The van der Waals surface area contributed by atoms with E-state index in [0.29, 0.717) is 17.8 Å². The summed E-state index contributed by atoms with van der Waals surface area (Å²) < 4.78 is 27.4. The van der Waals surface area contributed by atoms with Crippen molar-refractivity contribution in [2.45, 2.75) is 52.4 Å². The molecule has 6 heteroatoms. The van der Waals surface area contributed by atoms with Crippen LogP contribution in [0.15, 0.2) is 0 Å². The molecule has 0 aliphatic heterocycles. The maximum absolute atomic E-state index is 11.9. The van der Waals surface area contributed by atoms with E-state index in [1.807, 2.05) is 22.6 Å². The van der Waals surface area contributed by atoms with Gasteiger partial charge < -0.3 is 0 Å². The molecule has 0 radical (unpaired) electrons. The molecule has 0 saturated heterocycles. The molecule has 1 atom stereocenters. The zero-order valence-corrected chi connectivity index (χ0v) is 13.9. The second-order valence-electron chi connectivity index (χ2n) is 3.70. The van der Waals surface area contributed by atoms with E-state index in [9.17, 15) is 4.57 Å². The number of hydrogen-bond acceptors (Lipinski definition) is 4. The van der Waals surface area contributed by atoms with Crippen LogP contribution in [-0.2, 0) is 18.1 Å². The average molecular weight is 378 g/mol. The Kier molecular flexibility index (Phi) is 12.5. The molecule has 0 spiro atoms. The van der Waals surface area contributed by atoms with Crippen LogP contribution in [0.25, 0.3) is 0 Å². The van der Waals surface area contributed by atoms with Crippen molar-refractivity contribution in [3.05, 3.63) is 0 Å². The van der Waals surface area contributed by atoms with Gasteiger partial charge in [0.1, 0.15) is 4.61 Å². The van der Waals surface area contributed by atoms with E-state index in [2.05, 4.69) is 6.92 Å². The minimum absolute atomic E-state index is 0.311. The highest BCUT2D eigenvalue weighted by Crippen LogP contribution is 2.49. The normalized spacial score (nSPS) is 14.8. The van der Waals surface area contributed by atoms with Gasteiger partial charge in [-0.15, -0.1) is 0 Å². The first-order chi connectivity index (χ1) is 8.18. The van der Waals surface area contributed by atoms with Crippen molar-refractivity contribution in [1.82, 2.24) is 0 Å². The lowest BCUT2D eigenvalue weighted by molar-refractivity contribution is 0.132. The molecule has 0 aromatic rings. The average Bonchev–Trinajstić information content (AvgIpc) is 2.28. The number of rotatable bonds is 12. The smallest absolute Gasteiger partial charge is 0.287 e. The number of halogens is 1. The number of phosphoric ester groups is 1. The molecule has 0 N–H and O–H groups in total. The molecule has 0 heterocycles. The summed E-state index contributed by atoms with van der Waals surface area (Å²) in [6.45, 7) is 4.75. The quantitative estimate of drug-likeness (QED) is 0.209. The van der Waals surface area contributed by atoms with Crippen LogP contribution < -0.4 is 0 Å². The van der Waals surface area contributed by atoms with Crippen molar-refractivity contribution in [2.75, 3.05) is 17.8 Å². The van der Waals surface area contributed by atoms with E-state index in [0.717, 1.165) is 12.8 Å². The minimum Gasteiger partial charge on any atom is -0.287 e. The molecule has 0 amide bonds. The van der Waals surface area contributed by atoms with Crippen LogP contribution in [0.2, 0.25) is 0 Å². The lowest BCUT2D eigenvalue weighted by Gasteiger charge is -2.15. The van der Waals surface area contributed by atoms with Gasteiger partial charge in [0.15, 0.2) is 0 Å². The largest absolute Gasteiger partial charge is 0.475 e. The third kappa shape index (κ3) is 10.4.